The van der Waals surface area contributed by atoms with Crippen LogP contribution in [0.5, 0.6) is 0 Å². The number of aliphatic hydroxyl groups is 1. The van der Waals surface area contributed by atoms with Crippen LogP contribution in [0, 0.1) is 5.92 Å². The molecule has 6 heteroatoms. The lowest BCUT2D eigenvalue weighted by molar-refractivity contribution is -0.123. The van der Waals surface area contributed by atoms with Gasteiger partial charge in [-0.15, -0.1) is 11.3 Å². The summed E-state index contributed by atoms with van der Waals surface area (Å²) in [6, 6.07) is 3.20. The summed E-state index contributed by atoms with van der Waals surface area (Å²) in [6.45, 7) is 5.22. The van der Waals surface area contributed by atoms with Gasteiger partial charge in [-0.05, 0) is 17.4 Å². The molecule has 1 rings (SSSR count). The third-order valence-electron chi connectivity index (χ3n) is 3.00. The summed E-state index contributed by atoms with van der Waals surface area (Å²) in [5.74, 6) is -0.187. The highest BCUT2D eigenvalue weighted by atomic mass is 32.1. The van der Waals surface area contributed by atoms with Gasteiger partial charge in [0, 0.05) is 11.8 Å². The first-order valence-electron chi connectivity index (χ1n) is 6.64. The van der Waals surface area contributed by atoms with Crippen LogP contribution in [-0.2, 0) is 9.59 Å². The Morgan fingerprint density at radius 2 is 2.05 bits per heavy atom. The van der Waals surface area contributed by atoms with Gasteiger partial charge in [0.1, 0.15) is 0 Å². The van der Waals surface area contributed by atoms with Crippen LogP contribution in [-0.4, -0.2) is 29.6 Å². The number of carbonyl (C=O) groups is 2. The summed E-state index contributed by atoms with van der Waals surface area (Å²) < 4.78 is 0. The fourth-order valence-electron chi connectivity index (χ4n) is 1.83. The van der Waals surface area contributed by atoms with Crippen LogP contribution >= 0.6 is 11.3 Å². The van der Waals surface area contributed by atoms with E-state index in [1.807, 2.05) is 31.4 Å². The molecule has 0 aliphatic rings. The van der Waals surface area contributed by atoms with Gasteiger partial charge in [-0.1, -0.05) is 19.9 Å². The van der Waals surface area contributed by atoms with Crippen molar-refractivity contribution in [2.24, 2.45) is 5.92 Å². The number of carbonyl (C=O) groups excluding carboxylic acids is 2. The Labute approximate surface area is 123 Å². The van der Waals surface area contributed by atoms with E-state index in [2.05, 4.69) is 10.6 Å². The fourth-order valence-corrected chi connectivity index (χ4v) is 2.61. The second kappa shape index (κ2) is 8.01. The average molecular weight is 298 g/mol. The number of aliphatic hydroxyl groups excluding tert-OH is 1. The molecular weight excluding hydrogens is 276 g/mol. The predicted octanol–water partition coefficient (Wildman–Crippen LogP) is 1.45. The van der Waals surface area contributed by atoms with Gasteiger partial charge in [-0.25, -0.2) is 0 Å². The minimum absolute atomic E-state index is 0.0901. The molecule has 3 N–H and O–H groups in total. The van der Waals surface area contributed by atoms with Crippen LogP contribution in [0.1, 0.15) is 38.1 Å². The first kappa shape index (κ1) is 16.7. The highest BCUT2D eigenvalue weighted by Gasteiger charge is 2.21. The number of hydrogen-bond acceptors (Lipinski definition) is 4. The van der Waals surface area contributed by atoms with Crippen LogP contribution in [0.15, 0.2) is 17.5 Å². The lowest BCUT2D eigenvalue weighted by atomic mass is 10.0. The van der Waals surface area contributed by atoms with E-state index in [1.165, 1.54) is 18.3 Å². The van der Waals surface area contributed by atoms with Crippen LogP contribution in [0.3, 0.4) is 0 Å². The second-order valence-electron chi connectivity index (χ2n) is 5.07. The van der Waals surface area contributed by atoms with E-state index in [4.69, 9.17) is 0 Å². The van der Waals surface area contributed by atoms with Crippen molar-refractivity contribution in [1.29, 1.82) is 0 Å². The largest absolute Gasteiger partial charge is 0.394 e. The van der Waals surface area contributed by atoms with E-state index in [0.29, 0.717) is 0 Å². The third-order valence-corrected chi connectivity index (χ3v) is 3.99. The van der Waals surface area contributed by atoms with Crippen LogP contribution in [0.2, 0.25) is 0 Å². The van der Waals surface area contributed by atoms with Gasteiger partial charge in [0.15, 0.2) is 0 Å². The normalized spacial score (nSPS) is 13.8. The second-order valence-corrected chi connectivity index (χ2v) is 6.05. The zero-order chi connectivity index (χ0) is 15.1. The Bertz CT molecular complexity index is 432. The number of amides is 2. The number of rotatable bonds is 7. The molecule has 112 valence electrons. The van der Waals surface area contributed by atoms with Crippen LogP contribution < -0.4 is 10.6 Å². The molecule has 20 heavy (non-hydrogen) atoms. The van der Waals surface area contributed by atoms with Crippen LogP contribution in [0.4, 0.5) is 0 Å². The van der Waals surface area contributed by atoms with Gasteiger partial charge in [0.2, 0.25) is 11.8 Å². The van der Waals surface area contributed by atoms with Gasteiger partial charge in [-0.3, -0.25) is 9.59 Å². The van der Waals surface area contributed by atoms with Crippen LogP contribution in [0.25, 0.3) is 0 Å². The molecule has 1 aromatic heterocycles. The summed E-state index contributed by atoms with van der Waals surface area (Å²) >= 11 is 1.50. The molecule has 0 radical (unpaired) electrons. The minimum Gasteiger partial charge on any atom is -0.394 e. The molecule has 0 aliphatic carbocycles. The van der Waals surface area contributed by atoms with Crippen molar-refractivity contribution < 1.29 is 14.7 Å². The van der Waals surface area contributed by atoms with Gasteiger partial charge in [0.05, 0.1) is 25.1 Å². The maximum atomic E-state index is 12.0. The van der Waals surface area contributed by atoms with E-state index < -0.39 is 0 Å². The Balaban J connectivity index is 2.65. The SMILES string of the molecule is CC(=O)NC(CC(=O)N[C@H](CO)C(C)C)c1cccs1. The molecule has 0 bridgehead atoms. The van der Waals surface area contributed by atoms with E-state index >= 15 is 0 Å². The topological polar surface area (TPSA) is 78.4 Å². The Morgan fingerprint density at radius 3 is 2.50 bits per heavy atom. The molecule has 0 aromatic carbocycles. The first-order chi connectivity index (χ1) is 9.43. The molecule has 0 saturated carbocycles. The molecular formula is C14H22N2O3S. The number of hydrogen-bond donors (Lipinski definition) is 3. The smallest absolute Gasteiger partial charge is 0.222 e. The zero-order valence-corrected chi connectivity index (χ0v) is 12.9. The zero-order valence-electron chi connectivity index (χ0n) is 12.1. The first-order valence-corrected chi connectivity index (χ1v) is 7.52. The van der Waals surface area contributed by atoms with Crippen molar-refractivity contribution in [3.8, 4) is 0 Å². The minimum atomic E-state index is -0.320. The number of thiophene rings is 1. The summed E-state index contributed by atoms with van der Waals surface area (Å²) in [5.41, 5.74) is 0. The highest BCUT2D eigenvalue weighted by molar-refractivity contribution is 7.10. The molecule has 0 aliphatic heterocycles. The van der Waals surface area contributed by atoms with Crippen molar-refractivity contribution >= 4 is 23.2 Å². The van der Waals surface area contributed by atoms with Gasteiger partial charge < -0.3 is 15.7 Å². The molecule has 2 atom stereocenters. The summed E-state index contributed by atoms with van der Waals surface area (Å²) in [4.78, 5) is 24.2. The Kier molecular flexibility index (Phi) is 6.67. The van der Waals surface area contributed by atoms with E-state index in [9.17, 15) is 14.7 Å². The fraction of sp³-hybridized carbons (Fsp3) is 0.571. The maximum Gasteiger partial charge on any atom is 0.222 e. The van der Waals surface area contributed by atoms with Crippen molar-refractivity contribution in [2.75, 3.05) is 6.61 Å². The Morgan fingerprint density at radius 1 is 1.35 bits per heavy atom. The van der Waals surface area contributed by atoms with Crippen molar-refractivity contribution in [3.05, 3.63) is 22.4 Å². The van der Waals surface area contributed by atoms with Gasteiger partial charge in [0.25, 0.3) is 0 Å². The van der Waals surface area contributed by atoms with Gasteiger partial charge in [-0.2, -0.15) is 0 Å². The monoisotopic (exact) mass is 298 g/mol. The highest BCUT2D eigenvalue weighted by Crippen LogP contribution is 2.22. The van der Waals surface area contributed by atoms with E-state index in [0.717, 1.165) is 4.88 Å². The lowest BCUT2D eigenvalue weighted by Crippen LogP contribution is -2.42. The summed E-state index contributed by atoms with van der Waals surface area (Å²) in [5, 5.41) is 16.7. The molecule has 1 aromatic rings. The predicted molar refractivity (Wildman–Crippen MR) is 79.3 cm³/mol. The Hall–Kier alpha value is -1.40. The quantitative estimate of drug-likeness (QED) is 0.713. The van der Waals surface area contributed by atoms with Crippen molar-refractivity contribution in [1.82, 2.24) is 10.6 Å². The van der Waals surface area contributed by atoms with Crippen molar-refractivity contribution in [2.45, 2.75) is 39.3 Å². The van der Waals surface area contributed by atoms with Gasteiger partial charge >= 0.3 is 0 Å². The standard InChI is InChI=1S/C14H22N2O3S/c1-9(2)12(8-17)16-14(19)7-11(15-10(3)18)13-5-4-6-20-13/h4-6,9,11-12,17H,7-8H2,1-3H3,(H,15,18)(H,16,19)/t11?,12-/m1/s1. The maximum absolute atomic E-state index is 12.0. The molecule has 0 fully saturated rings. The van der Waals surface area contributed by atoms with E-state index in [1.54, 1.807) is 0 Å². The molecule has 1 heterocycles. The molecule has 1 unspecified atom stereocenters. The lowest BCUT2D eigenvalue weighted by Gasteiger charge is -2.22. The van der Waals surface area contributed by atoms with E-state index in [-0.39, 0.29) is 42.8 Å². The molecule has 2 amide bonds. The summed E-state index contributed by atoms with van der Waals surface area (Å²) in [6.07, 6.45) is 0.170. The molecule has 0 spiro atoms. The number of nitrogens with one attached hydrogen (secondary N) is 2. The molecule has 0 saturated heterocycles. The average Bonchev–Trinajstić information content (AvgIpc) is 2.87. The molecule has 5 nitrogen and oxygen atoms in total. The summed E-state index contributed by atoms with van der Waals surface area (Å²) in [7, 11) is 0. The van der Waals surface area contributed by atoms with Crippen molar-refractivity contribution in [3.63, 3.8) is 0 Å². The third kappa shape index (κ3) is 5.30.